The Kier molecular flexibility index (Phi) is 4.13. The molecule has 2 heterocycles. The smallest absolute Gasteiger partial charge is 0.199 e. The molecular weight excluding hydrogens is 304 g/mol. The van der Waals surface area contributed by atoms with Gasteiger partial charge in [-0.1, -0.05) is 0 Å². The van der Waals surface area contributed by atoms with Crippen molar-refractivity contribution in [2.75, 3.05) is 5.88 Å². The highest BCUT2D eigenvalue weighted by Crippen LogP contribution is 2.33. The highest BCUT2D eigenvalue weighted by molar-refractivity contribution is 7.92. The zero-order valence-electron chi connectivity index (χ0n) is 11.0. The third-order valence-electron chi connectivity index (χ3n) is 3.25. The van der Waals surface area contributed by atoms with Crippen LogP contribution in [-0.4, -0.2) is 29.5 Å². The Morgan fingerprint density at radius 3 is 2.68 bits per heavy atom. The fourth-order valence-corrected chi connectivity index (χ4v) is 4.92. The predicted octanol–water partition coefficient (Wildman–Crippen LogP) is 3.10. The quantitative estimate of drug-likeness (QED) is 0.642. The normalized spacial score (nSPS) is 13.9. The fourth-order valence-electron chi connectivity index (χ4n) is 1.87. The largest absolute Gasteiger partial charge is 0.225 e. The molecule has 0 saturated heterocycles. The number of sulfone groups is 1. The van der Waals surface area contributed by atoms with E-state index in [4.69, 9.17) is 11.6 Å². The average Bonchev–Trinajstić information content (AvgIpc) is 2.65. The molecule has 1 unspecified atom stereocenters. The van der Waals surface area contributed by atoms with Gasteiger partial charge in [0.2, 0.25) is 0 Å². The van der Waals surface area contributed by atoms with E-state index in [1.807, 2.05) is 13.8 Å². The molecule has 2 rings (SSSR count). The Morgan fingerprint density at radius 1 is 1.37 bits per heavy atom. The van der Waals surface area contributed by atoms with Gasteiger partial charge in [-0.2, -0.15) is 0 Å². The predicted molar refractivity (Wildman–Crippen MR) is 78.9 cm³/mol. The number of nitrogens with zero attached hydrogens (tertiary/aromatic N) is 2. The zero-order valence-corrected chi connectivity index (χ0v) is 13.4. The van der Waals surface area contributed by atoms with E-state index in [0.29, 0.717) is 17.7 Å². The van der Waals surface area contributed by atoms with Crippen LogP contribution in [0.1, 0.15) is 23.8 Å². The molecule has 1 atom stereocenters. The van der Waals surface area contributed by atoms with Crippen LogP contribution in [0.15, 0.2) is 11.4 Å². The van der Waals surface area contributed by atoms with Crippen LogP contribution in [0.4, 0.5) is 0 Å². The summed E-state index contributed by atoms with van der Waals surface area (Å²) in [6.45, 7) is 5.53. The summed E-state index contributed by atoms with van der Waals surface area (Å²) < 4.78 is 25.1. The van der Waals surface area contributed by atoms with Crippen LogP contribution in [0.2, 0.25) is 0 Å². The first kappa shape index (κ1) is 14.7. The Labute approximate surface area is 121 Å². The molecule has 2 aromatic heterocycles. The number of rotatable bonds is 4. The SMILES string of the molecule is Cc1sc2ncnc(S(=O)(=O)C(C)CCCl)c2c1C. The first-order valence-electron chi connectivity index (χ1n) is 5.90. The number of aromatic nitrogens is 2. The van der Waals surface area contributed by atoms with Crippen molar-refractivity contribution in [1.82, 2.24) is 9.97 Å². The van der Waals surface area contributed by atoms with Gasteiger partial charge >= 0.3 is 0 Å². The van der Waals surface area contributed by atoms with E-state index >= 15 is 0 Å². The Morgan fingerprint density at radius 2 is 2.05 bits per heavy atom. The van der Waals surface area contributed by atoms with Crippen molar-refractivity contribution in [3.8, 4) is 0 Å². The highest BCUT2D eigenvalue weighted by Gasteiger charge is 2.28. The van der Waals surface area contributed by atoms with Gasteiger partial charge in [-0.25, -0.2) is 18.4 Å². The fraction of sp³-hybridized carbons (Fsp3) is 0.500. The second kappa shape index (κ2) is 5.34. The molecule has 19 heavy (non-hydrogen) atoms. The van der Waals surface area contributed by atoms with Gasteiger partial charge in [-0.3, -0.25) is 0 Å². The van der Waals surface area contributed by atoms with Crippen LogP contribution in [0.5, 0.6) is 0 Å². The summed E-state index contributed by atoms with van der Waals surface area (Å²) in [5.74, 6) is 0.316. The Hall–Kier alpha value is -0.720. The van der Waals surface area contributed by atoms with Gasteiger partial charge in [0, 0.05) is 10.8 Å². The van der Waals surface area contributed by atoms with Crippen molar-refractivity contribution in [3.63, 3.8) is 0 Å². The van der Waals surface area contributed by atoms with E-state index in [1.165, 1.54) is 17.7 Å². The van der Waals surface area contributed by atoms with Crippen LogP contribution in [0.3, 0.4) is 0 Å². The molecule has 0 aliphatic carbocycles. The van der Waals surface area contributed by atoms with Gasteiger partial charge in [0.1, 0.15) is 11.2 Å². The lowest BCUT2D eigenvalue weighted by molar-refractivity contribution is 0.578. The highest BCUT2D eigenvalue weighted by atomic mass is 35.5. The molecule has 0 fully saturated rings. The first-order valence-corrected chi connectivity index (χ1v) is 8.80. The number of hydrogen-bond acceptors (Lipinski definition) is 5. The molecule has 2 aromatic rings. The number of thiophene rings is 1. The minimum absolute atomic E-state index is 0.136. The number of hydrogen-bond donors (Lipinski definition) is 0. The third kappa shape index (κ3) is 2.49. The summed E-state index contributed by atoms with van der Waals surface area (Å²) in [5.41, 5.74) is 0.942. The maximum Gasteiger partial charge on any atom is 0.199 e. The van der Waals surface area contributed by atoms with Crippen molar-refractivity contribution >= 4 is 43.0 Å². The number of aryl methyl sites for hydroxylation is 2. The zero-order chi connectivity index (χ0) is 14.2. The number of fused-ring (bicyclic) bond motifs is 1. The van der Waals surface area contributed by atoms with Crippen molar-refractivity contribution in [1.29, 1.82) is 0 Å². The molecule has 0 amide bonds. The van der Waals surface area contributed by atoms with Crippen LogP contribution in [0, 0.1) is 13.8 Å². The lowest BCUT2D eigenvalue weighted by Crippen LogP contribution is -2.20. The van der Waals surface area contributed by atoms with E-state index in [0.717, 1.165) is 15.3 Å². The van der Waals surface area contributed by atoms with E-state index in [-0.39, 0.29) is 5.03 Å². The molecule has 0 saturated carbocycles. The van der Waals surface area contributed by atoms with Crippen LogP contribution < -0.4 is 0 Å². The van der Waals surface area contributed by atoms with Gasteiger partial charge in [-0.05, 0) is 32.8 Å². The molecule has 4 nitrogen and oxygen atoms in total. The molecule has 0 aliphatic heterocycles. The molecule has 0 aliphatic rings. The average molecular weight is 319 g/mol. The van der Waals surface area contributed by atoms with Crippen molar-refractivity contribution in [2.45, 2.75) is 37.5 Å². The second-order valence-electron chi connectivity index (χ2n) is 4.48. The number of halogens is 1. The summed E-state index contributed by atoms with van der Waals surface area (Å²) in [6, 6.07) is 0. The second-order valence-corrected chi connectivity index (χ2v) is 8.34. The van der Waals surface area contributed by atoms with E-state index in [1.54, 1.807) is 6.92 Å². The maximum atomic E-state index is 12.6. The topological polar surface area (TPSA) is 59.9 Å². The summed E-state index contributed by atoms with van der Waals surface area (Å²) >= 11 is 7.14. The van der Waals surface area contributed by atoms with Crippen LogP contribution in [0.25, 0.3) is 10.2 Å². The van der Waals surface area contributed by atoms with Crippen molar-refractivity contribution in [2.24, 2.45) is 0 Å². The minimum Gasteiger partial charge on any atom is -0.225 e. The monoisotopic (exact) mass is 318 g/mol. The molecule has 0 N–H and O–H groups in total. The summed E-state index contributed by atoms with van der Waals surface area (Å²) in [4.78, 5) is 9.97. The minimum atomic E-state index is -3.47. The maximum absolute atomic E-state index is 12.6. The third-order valence-corrected chi connectivity index (χ3v) is 6.72. The molecule has 0 radical (unpaired) electrons. The molecule has 0 aromatic carbocycles. The summed E-state index contributed by atoms with van der Waals surface area (Å²) in [6.07, 6.45) is 1.73. The van der Waals surface area contributed by atoms with Gasteiger partial charge in [0.05, 0.1) is 10.6 Å². The summed E-state index contributed by atoms with van der Waals surface area (Å²) in [5, 5.41) is 0.256. The van der Waals surface area contributed by atoms with E-state index in [2.05, 4.69) is 9.97 Å². The van der Waals surface area contributed by atoms with Crippen LogP contribution >= 0.6 is 22.9 Å². The molecular formula is C12H15ClN2O2S2. The molecule has 0 spiro atoms. The Balaban J connectivity index is 2.69. The van der Waals surface area contributed by atoms with E-state index < -0.39 is 15.1 Å². The van der Waals surface area contributed by atoms with Gasteiger partial charge in [0.15, 0.2) is 14.9 Å². The number of alkyl halides is 1. The molecule has 0 bridgehead atoms. The van der Waals surface area contributed by atoms with E-state index in [9.17, 15) is 8.42 Å². The van der Waals surface area contributed by atoms with Gasteiger partial charge < -0.3 is 0 Å². The van der Waals surface area contributed by atoms with Gasteiger partial charge in [0.25, 0.3) is 0 Å². The standard InChI is InChI=1S/C12H15ClN2O2S2/c1-7(4-5-13)19(16,17)12-10-8(2)9(3)18-11(10)14-6-15-12/h6-7H,4-5H2,1-3H3. The summed E-state index contributed by atoms with van der Waals surface area (Å²) in [7, 11) is -3.47. The van der Waals surface area contributed by atoms with Gasteiger partial charge in [-0.15, -0.1) is 22.9 Å². The Bertz CT molecular complexity index is 710. The lowest BCUT2D eigenvalue weighted by atomic mass is 10.2. The van der Waals surface area contributed by atoms with Crippen LogP contribution in [-0.2, 0) is 9.84 Å². The molecule has 7 heteroatoms. The first-order chi connectivity index (χ1) is 8.89. The lowest BCUT2D eigenvalue weighted by Gasteiger charge is -2.11. The van der Waals surface area contributed by atoms with Crippen molar-refractivity contribution in [3.05, 3.63) is 16.8 Å². The van der Waals surface area contributed by atoms with Crippen molar-refractivity contribution < 1.29 is 8.42 Å². The molecule has 104 valence electrons.